The second-order valence-electron chi connectivity index (χ2n) is 9.16. The lowest BCUT2D eigenvalue weighted by molar-refractivity contribution is -0.154. The number of hydrogen-bond donors (Lipinski definition) is 5. The van der Waals surface area contributed by atoms with Gasteiger partial charge in [0.2, 0.25) is 5.91 Å². The summed E-state index contributed by atoms with van der Waals surface area (Å²) in [6, 6.07) is -1.12. The van der Waals surface area contributed by atoms with E-state index >= 15 is 0 Å². The van der Waals surface area contributed by atoms with Gasteiger partial charge in [0.05, 0.1) is 13.0 Å². The number of hydrogen-bond acceptors (Lipinski definition) is 9. The summed E-state index contributed by atoms with van der Waals surface area (Å²) in [6.45, 7) is 5.98. The number of carbonyl (C=O) groups excluding carboxylic acids is 3. The van der Waals surface area contributed by atoms with E-state index in [9.17, 15) is 14.4 Å². The lowest BCUT2D eigenvalue weighted by atomic mass is 9.69. The Kier molecular flexibility index (Phi) is 10.9. The zero-order valence-electron chi connectivity index (χ0n) is 20.0. The van der Waals surface area contributed by atoms with Gasteiger partial charge in [0, 0.05) is 6.42 Å². The van der Waals surface area contributed by atoms with Crippen LogP contribution in [0.2, 0.25) is 0 Å². The van der Waals surface area contributed by atoms with E-state index in [-0.39, 0.29) is 30.9 Å². The Morgan fingerprint density at radius 3 is 2.64 bits per heavy atom. The van der Waals surface area contributed by atoms with Crippen LogP contribution in [0.15, 0.2) is 5.10 Å². The van der Waals surface area contributed by atoms with E-state index in [4.69, 9.17) is 21.1 Å². The molecule has 2 rings (SSSR count). The van der Waals surface area contributed by atoms with Crippen LogP contribution in [0.1, 0.15) is 65.7 Å². The minimum absolute atomic E-state index is 0.0169. The molecule has 1 saturated heterocycles. The van der Waals surface area contributed by atoms with Gasteiger partial charge in [-0.25, -0.2) is 16.2 Å². The first-order valence-electron chi connectivity index (χ1n) is 11.9. The number of rotatable bonds is 11. The van der Waals surface area contributed by atoms with Gasteiger partial charge in [0.25, 0.3) is 0 Å². The number of amides is 1. The number of esters is 2. The molecule has 1 saturated carbocycles. The quantitative estimate of drug-likeness (QED) is 0.0939. The van der Waals surface area contributed by atoms with Gasteiger partial charge >= 0.3 is 11.9 Å². The molecular weight excluding hydrogens is 428 g/mol. The summed E-state index contributed by atoms with van der Waals surface area (Å²) in [5.41, 5.74) is 8.04. The van der Waals surface area contributed by atoms with Crippen molar-refractivity contribution in [1.82, 2.24) is 16.2 Å². The van der Waals surface area contributed by atoms with Crippen molar-refractivity contribution < 1.29 is 23.9 Å². The van der Waals surface area contributed by atoms with Gasteiger partial charge in [-0.2, -0.15) is 5.10 Å². The predicted octanol–water partition coefficient (Wildman–Crippen LogP) is 0.286. The number of ether oxygens (including phenoxy) is 2. The number of amidine groups is 1. The molecule has 6 unspecified atom stereocenters. The fourth-order valence-electron chi connectivity index (χ4n) is 4.80. The van der Waals surface area contributed by atoms with E-state index in [1.165, 1.54) is 0 Å². The highest BCUT2D eigenvalue weighted by Gasteiger charge is 2.38. The van der Waals surface area contributed by atoms with E-state index in [2.05, 4.69) is 21.3 Å². The average molecular weight is 469 g/mol. The van der Waals surface area contributed by atoms with E-state index in [1.807, 2.05) is 0 Å². The normalized spacial score (nSPS) is 27.0. The Balaban J connectivity index is 1.77. The van der Waals surface area contributed by atoms with Crippen LogP contribution in [0.25, 0.3) is 0 Å². The predicted molar refractivity (Wildman–Crippen MR) is 123 cm³/mol. The van der Waals surface area contributed by atoms with Gasteiger partial charge in [0.15, 0.2) is 0 Å². The molecule has 0 spiro atoms. The molecule has 188 valence electrons. The van der Waals surface area contributed by atoms with Crippen LogP contribution in [-0.4, -0.2) is 55.0 Å². The van der Waals surface area contributed by atoms with Gasteiger partial charge in [-0.15, -0.1) is 0 Å². The molecule has 1 aliphatic heterocycles. The average Bonchev–Trinajstić information content (AvgIpc) is 2.77. The highest BCUT2D eigenvalue weighted by molar-refractivity contribution is 5.84. The molecule has 11 heteroatoms. The molecule has 1 amide bonds. The van der Waals surface area contributed by atoms with Gasteiger partial charge in [-0.3, -0.25) is 9.59 Å². The maximum absolute atomic E-state index is 12.7. The van der Waals surface area contributed by atoms with Crippen molar-refractivity contribution in [3.8, 4) is 0 Å². The Morgan fingerprint density at radius 1 is 1.18 bits per heavy atom. The Hall–Kier alpha value is -2.40. The molecule has 0 bridgehead atoms. The Labute approximate surface area is 195 Å². The van der Waals surface area contributed by atoms with Gasteiger partial charge < -0.3 is 25.8 Å². The molecule has 7 N–H and O–H groups in total. The standard InChI is InChI=1S/C22H40N6O5/c1-4-32-21(30)14(3)26-20(29)9-13(2)33-22(31)18-11-17-10-15(5-7-16(17)12-25-18)6-8-19(23)27-28-24/h13-18,25,28H,4-12,24H2,1-3H3,(H2,23,27)(H,26,29). The second-order valence-corrected chi connectivity index (χ2v) is 9.16. The number of nitrogens with zero attached hydrogens (tertiary/aromatic N) is 1. The van der Waals surface area contributed by atoms with Crippen LogP contribution in [0.3, 0.4) is 0 Å². The third kappa shape index (κ3) is 8.81. The molecule has 2 fully saturated rings. The molecule has 0 aromatic carbocycles. The van der Waals surface area contributed by atoms with Gasteiger partial charge in [-0.05, 0) is 70.8 Å². The van der Waals surface area contributed by atoms with Crippen LogP contribution in [0.4, 0.5) is 0 Å². The van der Waals surface area contributed by atoms with E-state index in [1.54, 1.807) is 20.8 Å². The minimum Gasteiger partial charge on any atom is -0.464 e. The summed E-state index contributed by atoms with van der Waals surface area (Å²) in [6.07, 6.45) is 5.11. The molecule has 33 heavy (non-hydrogen) atoms. The molecule has 11 nitrogen and oxygen atoms in total. The molecular formula is C22H40N6O5. The maximum atomic E-state index is 12.7. The smallest absolute Gasteiger partial charge is 0.328 e. The number of fused-ring (bicyclic) bond motifs is 1. The first kappa shape index (κ1) is 26.8. The highest BCUT2D eigenvalue weighted by Crippen LogP contribution is 2.40. The first-order valence-corrected chi connectivity index (χ1v) is 11.9. The van der Waals surface area contributed by atoms with Crippen molar-refractivity contribution >= 4 is 23.7 Å². The maximum Gasteiger partial charge on any atom is 0.328 e. The molecule has 6 atom stereocenters. The van der Waals surface area contributed by atoms with Crippen LogP contribution in [0, 0.1) is 17.8 Å². The van der Waals surface area contributed by atoms with Crippen LogP contribution in [-0.2, 0) is 23.9 Å². The molecule has 2 aliphatic rings. The zero-order valence-corrected chi connectivity index (χ0v) is 20.0. The first-order chi connectivity index (χ1) is 15.7. The zero-order chi connectivity index (χ0) is 24.4. The second kappa shape index (κ2) is 13.3. The fraction of sp³-hybridized carbons (Fsp3) is 0.818. The summed E-state index contributed by atoms with van der Waals surface area (Å²) >= 11 is 0. The molecule has 0 aromatic heterocycles. The summed E-state index contributed by atoms with van der Waals surface area (Å²) in [7, 11) is 0. The largest absolute Gasteiger partial charge is 0.464 e. The Morgan fingerprint density at radius 2 is 1.94 bits per heavy atom. The summed E-state index contributed by atoms with van der Waals surface area (Å²) < 4.78 is 10.4. The van der Waals surface area contributed by atoms with Gasteiger partial charge in [-0.1, -0.05) is 6.42 Å². The highest BCUT2D eigenvalue weighted by atomic mass is 16.5. The number of hydrazone groups is 1. The van der Waals surface area contributed by atoms with Crippen LogP contribution >= 0.6 is 0 Å². The van der Waals surface area contributed by atoms with E-state index in [0.29, 0.717) is 30.0 Å². The fourth-order valence-corrected chi connectivity index (χ4v) is 4.80. The van der Waals surface area contributed by atoms with E-state index in [0.717, 1.165) is 38.6 Å². The molecule has 0 aromatic rings. The number of nitrogens with one attached hydrogen (secondary N) is 3. The third-order valence-corrected chi connectivity index (χ3v) is 6.52. The molecule has 1 heterocycles. The van der Waals surface area contributed by atoms with Crippen LogP contribution in [0.5, 0.6) is 0 Å². The lowest BCUT2D eigenvalue weighted by Crippen LogP contribution is -2.50. The van der Waals surface area contributed by atoms with Crippen molar-refractivity contribution in [1.29, 1.82) is 0 Å². The molecule has 1 aliphatic carbocycles. The summed E-state index contributed by atoms with van der Waals surface area (Å²) in [4.78, 5) is 36.5. The number of carbonyl (C=O) groups is 3. The monoisotopic (exact) mass is 468 g/mol. The number of piperidine rings is 1. The van der Waals surface area contributed by atoms with Crippen molar-refractivity contribution in [2.75, 3.05) is 13.2 Å². The lowest BCUT2D eigenvalue weighted by Gasteiger charge is -2.42. The topological polar surface area (TPSA) is 170 Å². The summed E-state index contributed by atoms with van der Waals surface area (Å²) in [5, 5.41) is 9.70. The van der Waals surface area contributed by atoms with Crippen molar-refractivity contribution in [2.24, 2.45) is 34.4 Å². The van der Waals surface area contributed by atoms with Crippen LogP contribution < -0.4 is 27.7 Å². The minimum atomic E-state index is -0.746. The van der Waals surface area contributed by atoms with E-state index < -0.39 is 18.1 Å². The Bertz CT molecular complexity index is 703. The SMILES string of the molecule is CCOC(=O)C(C)NC(=O)CC(C)OC(=O)C1CC2CC(CC/C(N)=N/NN)CCC2CN1. The third-order valence-electron chi connectivity index (χ3n) is 6.52. The number of hydrazine groups is 1. The summed E-state index contributed by atoms with van der Waals surface area (Å²) in [5.74, 6) is 6.05. The van der Waals surface area contributed by atoms with Crippen molar-refractivity contribution in [3.63, 3.8) is 0 Å². The molecule has 0 radical (unpaired) electrons. The van der Waals surface area contributed by atoms with Crippen molar-refractivity contribution in [2.45, 2.75) is 83.9 Å². The van der Waals surface area contributed by atoms with Gasteiger partial charge in [0.1, 0.15) is 24.0 Å². The number of nitrogens with two attached hydrogens (primary N) is 2. The van der Waals surface area contributed by atoms with Crippen molar-refractivity contribution in [3.05, 3.63) is 0 Å².